The quantitative estimate of drug-likeness (QED) is 0.256. The van der Waals surface area contributed by atoms with Crippen LogP contribution in [0.3, 0.4) is 0 Å². The number of amides is 1. The SMILES string of the molecule is CNc1cccc(C2CC2)c1COc1nc(Cl)ccc1C.NNNC=O. The number of aromatic nitrogens is 1. The van der Waals surface area contributed by atoms with E-state index in [-0.39, 0.29) is 0 Å². The fourth-order valence-corrected chi connectivity index (χ4v) is 2.72. The fourth-order valence-electron chi connectivity index (χ4n) is 2.58. The summed E-state index contributed by atoms with van der Waals surface area (Å²) >= 11 is 5.95. The third-order valence-corrected chi connectivity index (χ3v) is 4.22. The van der Waals surface area contributed by atoms with Gasteiger partial charge in [0.15, 0.2) is 0 Å². The minimum atomic E-state index is 0.444. The molecule has 0 saturated heterocycles. The number of hydrogen-bond acceptors (Lipinski definition) is 6. The molecule has 1 aromatic heterocycles. The van der Waals surface area contributed by atoms with Crippen molar-refractivity contribution in [2.75, 3.05) is 12.4 Å². The molecule has 1 aliphatic rings. The first-order valence-corrected chi connectivity index (χ1v) is 8.68. The van der Waals surface area contributed by atoms with Crippen LogP contribution in [0.25, 0.3) is 0 Å². The van der Waals surface area contributed by atoms with Crippen LogP contribution in [0.2, 0.25) is 5.15 Å². The largest absolute Gasteiger partial charge is 0.472 e. The molecule has 1 amide bonds. The Bertz CT molecular complexity index is 738. The molecule has 0 aliphatic heterocycles. The zero-order chi connectivity index (χ0) is 18.9. The summed E-state index contributed by atoms with van der Waals surface area (Å²) < 4.78 is 5.93. The van der Waals surface area contributed by atoms with E-state index >= 15 is 0 Å². The van der Waals surface area contributed by atoms with Gasteiger partial charge >= 0.3 is 0 Å². The van der Waals surface area contributed by atoms with Crippen LogP contribution >= 0.6 is 11.6 Å². The highest BCUT2D eigenvalue weighted by Gasteiger charge is 2.27. The van der Waals surface area contributed by atoms with Crippen molar-refractivity contribution in [2.24, 2.45) is 5.84 Å². The number of anilines is 1. The zero-order valence-corrected chi connectivity index (χ0v) is 15.6. The van der Waals surface area contributed by atoms with Gasteiger partial charge in [0.2, 0.25) is 12.3 Å². The molecule has 1 fully saturated rings. The summed E-state index contributed by atoms with van der Waals surface area (Å²) in [6, 6.07) is 10.1. The third kappa shape index (κ3) is 5.59. The van der Waals surface area contributed by atoms with Gasteiger partial charge in [-0.2, -0.15) is 5.53 Å². The van der Waals surface area contributed by atoms with E-state index in [2.05, 4.69) is 34.3 Å². The van der Waals surface area contributed by atoms with Gasteiger partial charge in [-0.3, -0.25) is 16.1 Å². The van der Waals surface area contributed by atoms with E-state index in [0.29, 0.717) is 30.0 Å². The third-order valence-electron chi connectivity index (χ3n) is 4.01. The predicted molar refractivity (Wildman–Crippen MR) is 103 cm³/mol. The van der Waals surface area contributed by atoms with E-state index in [1.807, 2.05) is 31.0 Å². The van der Waals surface area contributed by atoms with Crippen LogP contribution in [-0.2, 0) is 11.4 Å². The first kappa shape index (κ1) is 20.0. The molecule has 0 unspecified atom stereocenters. The molecule has 0 radical (unpaired) electrons. The molecule has 26 heavy (non-hydrogen) atoms. The van der Waals surface area contributed by atoms with Crippen molar-refractivity contribution in [2.45, 2.75) is 32.3 Å². The van der Waals surface area contributed by atoms with Crippen LogP contribution in [0.4, 0.5) is 5.69 Å². The summed E-state index contributed by atoms with van der Waals surface area (Å²) in [5, 5.41) is 3.71. The van der Waals surface area contributed by atoms with Crippen molar-refractivity contribution in [3.8, 4) is 5.88 Å². The van der Waals surface area contributed by atoms with Crippen molar-refractivity contribution in [1.29, 1.82) is 0 Å². The van der Waals surface area contributed by atoms with Crippen molar-refractivity contribution in [3.63, 3.8) is 0 Å². The number of benzene rings is 1. The number of carbonyl (C=O) groups is 1. The number of rotatable bonds is 7. The van der Waals surface area contributed by atoms with E-state index in [1.54, 1.807) is 6.07 Å². The predicted octanol–water partition coefficient (Wildman–Crippen LogP) is 2.65. The molecule has 0 bridgehead atoms. The van der Waals surface area contributed by atoms with Crippen molar-refractivity contribution >= 4 is 23.7 Å². The second kappa shape index (κ2) is 9.96. The first-order chi connectivity index (χ1) is 12.6. The van der Waals surface area contributed by atoms with Gasteiger partial charge in [-0.1, -0.05) is 29.8 Å². The molecule has 1 heterocycles. The number of nitrogens with zero attached hydrogens (tertiary/aromatic N) is 1. The average Bonchev–Trinajstić information content (AvgIpc) is 3.48. The molecule has 0 spiro atoms. The van der Waals surface area contributed by atoms with E-state index in [1.165, 1.54) is 24.0 Å². The smallest absolute Gasteiger partial charge is 0.222 e. The minimum absolute atomic E-state index is 0.444. The molecule has 0 atom stereocenters. The lowest BCUT2D eigenvalue weighted by Gasteiger charge is -2.15. The lowest BCUT2D eigenvalue weighted by atomic mass is 10.0. The highest BCUT2D eigenvalue weighted by Crippen LogP contribution is 2.43. The summed E-state index contributed by atoms with van der Waals surface area (Å²) in [6.45, 7) is 2.49. The fraction of sp³-hybridized carbons (Fsp3) is 0.333. The number of nitrogens with one attached hydrogen (secondary N) is 3. The summed E-state index contributed by atoms with van der Waals surface area (Å²) in [7, 11) is 1.94. The van der Waals surface area contributed by atoms with Crippen LogP contribution in [0, 0.1) is 6.92 Å². The number of aryl methyl sites for hydroxylation is 1. The van der Waals surface area contributed by atoms with Gasteiger partial charge in [0.25, 0.3) is 0 Å². The number of halogens is 1. The van der Waals surface area contributed by atoms with Crippen molar-refractivity contribution in [3.05, 3.63) is 52.2 Å². The molecule has 1 aromatic carbocycles. The maximum Gasteiger partial charge on any atom is 0.222 e. The van der Waals surface area contributed by atoms with E-state index in [4.69, 9.17) is 21.1 Å². The molecule has 5 N–H and O–H groups in total. The summed E-state index contributed by atoms with van der Waals surface area (Å²) in [4.78, 5) is 13.4. The molecular weight excluding hydrogens is 354 g/mol. The van der Waals surface area contributed by atoms with Crippen LogP contribution in [0.1, 0.15) is 35.4 Å². The number of carbonyl (C=O) groups excluding carboxylic acids is 1. The van der Waals surface area contributed by atoms with Crippen molar-refractivity contribution < 1.29 is 9.53 Å². The molecule has 2 aromatic rings. The Kier molecular flexibility index (Phi) is 7.65. The topological polar surface area (TPSA) is 101 Å². The molecule has 8 heteroatoms. The summed E-state index contributed by atoms with van der Waals surface area (Å²) in [5.41, 5.74) is 8.59. The number of hydrazine groups is 2. The zero-order valence-electron chi connectivity index (χ0n) is 14.9. The average molecular weight is 378 g/mol. The van der Waals surface area contributed by atoms with E-state index in [9.17, 15) is 0 Å². The molecule has 7 nitrogen and oxygen atoms in total. The Labute approximate surface area is 158 Å². The first-order valence-electron chi connectivity index (χ1n) is 8.31. The van der Waals surface area contributed by atoms with Gasteiger partial charge in [-0.25, -0.2) is 4.98 Å². The lowest BCUT2D eigenvalue weighted by molar-refractivity contribution is -0.110. The van der Waals surface area contributed by atoms with Crippen LogP contribution < -0.4 is 26.9 Å². The number of pyridine rings is 1. The lowest BCUT2D eigenvalue weighted by Crippen LogP contribution is -2.36. The Morgan fingerprint density at radius 2 is 2.12 bits per heavy atom. The van der Waals surface area contributed by atoms with Crippen LogP contribution in [0.5, 0.6) is 5.88 Å². The number of ether oxygens (including phenoxy) is 1. The summed E-state index contributed by atoms with van der Waals surface area (Å²) in [6.07, 6.45) is 2.99. The van der Waals surface area contributed by atoms with Gasteiger partial charge in [0.1, 0.15) is 11.8 Å². The Morgan fingerprint density at radius 3 is 2.69 bits per heavy atom. The van der Waals surface area contributed by atoms with Gasteiger partial charge in [-0.15, -0.1) is 0 Å². The van der Waals surface area contributed by atoms with Gasteiger partial charge in [-0.05, 0) is 43.4 Å². The van der Waals surface area contributed by atoms with Crippen LogP contribution in [0.15, 0.2) is 30.3 Å². The second-order valence-corrected chi connectivity index (χ2v) is 6.24. The van der Waals surface area contributed by atoms with E-state index in [0.717, 1.165) is 11.3 Å². The standard InChI is InChI=1S/C17H19ClN2O.CH5N3O/c1-11-6-9-16(18)20-17(11)21-10-14-13(12-7-8-12)4-3-5-15(14)19-2;2-4-3-1-5/h3-6,9,12,19H,7-8,10H2,1-2H3;1,4H,2H2,(H,3,5). The molecular formula is C18H24ClN5O2. The Hall–Kier alpha value is -2.35. The maximum atomic E-state index is 9.15. The van der Waals surface area contributed by atoms with Crippen molar-refractivity contribution in [1.82, 2.24) is 15.9 Å². The number of nitrogens with two attached hydrogens (primary N) is 1. The van der Waals surface area contributed by atoms with Crippen LogP contribution in [-0.4, -0.2) is 18.4 Å². The highest BCUT2D eigenvalue weighted by molar-refractivity contribution is 6.29. The second-order valence-electron chi connectivity index (χ2n) is 5.85. The molecule has 140 valence electrons. The normalized spacial score (nSPS) is 12.6. The monoisotopic (exact) mass is 377 g/mol. The molecule has 1 aliphatic carbocycles. The van der Waals surface area contributed by atoms with Gasteiger partial charge in [0, 0.05) is 23.9 Å². The highest BCUT2D eigenvalue weighted by atomic mass is 35.5. The molecule has 3 rings (SSSR count). The number of hydrogen-bond donors (Lipinski definition) is 4. The Balaban J connectivity index is 0.000000431. The maximum absolute atomic E-state index is 9.15. The van der Waals surface area contributed by atoms with Gasteiger partial charge < -0.3 is 10.1 Å². The Morgan fingerprint density at radius 1 is 1.35 bits per heavy atom. The van der Waals surface area contributed by atoms with Gasteiger partial charge in [0.05, 0.1) is 0 Å². The molecule has 1 saturated carbocycles. The minimum Gasteiger partial charge on any atom is -0.472 e. The summed E-state index contributed by atoms with van der Waals surface area (Å²) in [5.74, 6) is 5.84. The van der Waals surface area contributed by atoms with E-state index < -0.39 is 0 Å².